The molecule has 2 amide bonds. The minimum atomic E-state index is -0.429. The molecule has 2 aliphatic rings. The van der Waals surface area contributed by atoms with E-state index in [1.54, 1.807) is 4.90 Å². The molecule has 122 valence electrons. The van der Waals surface area contributed by atoms with E-state index in [-0.39, 0.29) is 24.5 Å². The number of hydrogen-bond acceptors (Lipinski definition) is 3. The van der Waals surface area contributed by atoms with Crippen LogP contribution in [0.15, 0.2) is 43.0 Å². The van der Waals surface area contributed by atoms with Crippen molar-refractivity contribution < 1.29 is 14.3 Å². The zero-order chi connectivity index (χ0) is 16.2. The molecular weight excluding hydrogens is 292 g/mol. The van der Waals surface area contributed by atoms with Crippen molar-refractivity contribution in [2.45, 2.75) is 38.0 Å². The average molecular weight is 314 g/mol. The van der Waals surface area contributed by atoms with Crippen molar-refractivity contribution in [3.05, 3.63) is 48.6 Å². The lowest BCUT2D eigenvalue weighted by molar-refractivity contribution is -0.126. The van der Waals surface area contributed by atoms with Crippen molar-refractivity contribution in [2.24, 2.45) is 5.92 Å². The van der Waals surface area contributed by atoms with Gasteiger partial charge in [0.1, 0.15) is 12.6 Å². The first-order valence-corrected chi connectivity index (χ1v) is 8.10. The van der Waals surface area contributed by atoms with Crippen molar-refractivity contribution >= 4 is 12.0 Å². The number of carbonyl (C=O) groups is 2. The van der Waals surface area contributed by atoms with Gasteiger partial charge in [-0.2, -0.15) is 0 Å². The maximum Gasteiger partial charge on any atom is 0.411 e. The molecule has 1 aromatic rings. The van der Waals surface area contributed by atoms with Crippen molar-refractivity contribution in [3.8, 4) is 0 Å². The molecule has 5 nitrogen and oxygen atoms in total. The van der Waals surface area contributed by atoms with Gasteiger partial charge >= 0.3 is 6.09 Å². The zero-order valence-corrected chi connectivity index (χ0v) is 13.1. The number of amides is 2. The predicted octanol–water partition coefficient (Wildman–Crippen LogP) is 2.48. The SMILES string of the molecule is C=C[C@H]1CNC(=O)C2CCCC1N2C(=O)OCc1ccccc1. The summed E-state index contributed by atoms with van der Waals surface area (Å²) in [5.41, 5.74) is 0.936. The van der Waals surface area contributed by atoms with E-state index in [0.29, 0.717) is 13.0 Å². The minimum absolute atomic E-state index is 0.0199. The molecule has 2 fully saturated rings. The van der Waals surface area contributed by atoms with Crippen LogP contribution in [0.5, 0.6) is 0 Å². The van der Waals surface area contributed by atoms with Gasteiger partial charge in [-0.15, -0.1) is 6.58 Å². The quantitative estimate of drug-likeness (QED) is 0.872. The van der Waals surface area contributed by atoms with E-state index in [4.69, 9.17) is 4.74 Å². The van der Waals surface area contributed by atoms with Crippen LogP contribution in [0.2, 0.25) is 0 Å². The molecule has 0 saturated carbocycles. The highest BCUT2D eigenvalue weighted by Gasteiger charge is 2.44. The molecule has 5 heteroatoms. The molecule has 3 rings (SSSR count). The van der Waals surface area contributed by atoms with Crippen LogP contribution in [-0.4, -0.2) is 35.5 Å². The third-order valence-corrected chi connectivity index (χ3v) is 4.70. The fourth-order valence-electron chi connectivity index (χ4n) is 3.48. The third kappa shape index (κ3) is 3.23. The van der Waals surface area contributed by atoms with Gasteiger partial charge in [-0.25, -0.2) is 4.79 Å². The number of benzene rings is 1. The first-order chi connectivity index (χ1) is 11.2. The molecular formula is C18H22N2O3. The summed E-state index contributed by atoms with van der Waals surface area (Å²) in [6, 6.07) is 9.11. The van der Waals surface area contributed by atoms with E-state index in [1.807, 2.05) is 36.4 Å². The maximum atomic E-state index is 12.6. The number of fused-ring (bicyclic) bond motifs is 2. The first kappa shape index (κ1) is 15.6. The molecule has 2 saturated heterocycles. The fourth-order valence-corrected chi connectivity index (χ4v) is 3.48. The van der Waals surface area contributed by atoms with E-state index in [1.165, 1.54) is 0 Å². The van der Waals surface area contributed by atoms with Crippen LogP contribution in [0.4, 0.5) is 4.79 Å². The van der Waals surface area contributed by atoms with Crippen LogP contribution in [0.3, 0.4) is 0 Å². The normalized spacial score (nSPS) is 26.9. The summed E-state index contributed by atoms with van der Waals surface area (Å²) < 4.78 is 5.47. The standard InChI is InChI=1S/C18H22N2O3/c1-2-14-11-19-17(21)16-10-6-9-15(14)20(16)18(22)23-12-13-7-4-3-5-8-13/h2-5,7-8,14-16H,1,6,9-12H2,(H,19,21)/t14-,15?,16?/m0/s1. The second-order valence-electron chi connectivity index (χ2n) is 6.11. The topological polar surface area (TPSA) is 58.6 Å². The molecule has 23 heavy (non-hydrogen) atoms. The third-order valence-electron chi connectivity index (χ3n) is 4.70. The molecule has 2 heterocycles. The highest BCUT2D eigenvalue weighted by Crippen LogP contribution is 2.31. The van der Waals surface area contributed by atoms with Gasteiger partial charge in [-0.3, -0.25) is 9.69 Å². The van der Waals surface area contributed by atoms with Gasteiger partial charge in [0.25, 0.3) is 0 Å². The van der Waals surface area contributed by atoms with Crippen molar-refractivity contribution in [3.63, 3.8) is 0 Å². The summed E-state index contributed by atoms with van der Waals surface area (Å²) in [5.74, 6) is -0.0239. The van der Waals surface area contributed by atoms with E-state index >= 15 is 0 Å². The zero-order valence-electron chi connectivity index (χ0n) is 13.1. The summed E-state index contributed by atoms with van der Waals surface area (Å²) >= 11 is 0. The Morgan fingerprint density at radius 2 is 2.13 bits per heavy atom. The average Bonchev–Trinajstić information content (AvgIpc) is 2.67. The van der Waals surface area contributed by atoms with Gasteiger partial charge in [-0.05, 0) is 24.8 Å². The van der Waals surface area contributed by atoms with Gasteiger partial charge in [0.15, 0.2) is 0 Å². The van der Waals surface area contributed by atoms with Crippen molar-refractivity contribution in [1.29, 1.82) is 0 Å². The van der Waals surface area contributed by atoms with Gasteiger partial charge in [0.05, 0.1) is 0 Å². The van der Waals surface area contributed by atoms with Crippen molar-refractivity contribution in [1.82, 2.24) is 10.2 Å². The highest BCUT2D eigenvalue weighted by molar-refractivity contribution is 5.86. The summed E-state index contributed by atoms with van der Waals surface area (Å²) in [5, 5.41) is 2.92. The Hall–Kier alpha value is -2.30. The number of hydrogen-bond donors (Lipinski definition) is 1. The van der Waals surface area contributed by atoms with Gasteiger partial charge in [0.2, 0.25) is 5.91 Å². The Morgan fingerprint density at radius 3 is 2.87 bits per heavy atom. The van der Waals surface area contributed by atoms with E-state index in [9.17, 15) is 9.59 Å². The fraction of sp³-hybridized carbons (Fsp3) is 0.444. The number of nitrogens with zero attached hydrogens (tertiary/aromatic N) is 1. The van der Waals surface area contributed by atoms with Crippen LogP contribution < -0.4 is 5.32 Å². The Bertz CT molecular complexity index is 587. The van der Waals surface area contributed by atoms with E-state index < -0.39 is 12.1 Å². The van der Waals surface area contributed by atoms with Crippen LogP contribution in [-0.2, 0) is 16.1 Å². The number of nitrogens with one attached hydrogen (secondary N) is 1. The van der Waals surface area contributed by atoms with E-state index in [0.717, 1.165) is 18.4 Å². The second-order valence-corrected chi connectivity index (χ2v) is 6.11. The second kappa shape index (κ2) is 6.86. The smallest absolute Gasteiger partial charge is 0.411 e. The van der Waals surface area contributed by atoms with Crippen LogP contribution in [0, 0.1) is 5.92 Å². The summed E-state index contributed by atoms with van der Waals surface area (Å²) in [7, 11) is 0. The molecule has 2 aliphatic heterocycles. The molecule has 0 radical (unpaired) electrons. The van der Waals surface area contributed by atoms with Crippen molar-refractivity contribution in [2.75, 3.05) is 6.54 Å². The first-order valence-electron chi connectivity index (χ1n) is 8.10. The lowest BCUT2D eigenvalue weighted by Crippen LogP contribution is -2.54. The molecule has 2 unspecified atom stereocenters. The Balaban J connectivity index is 1.76. The molecule has 2 bridgehead atoms. The van der Waals surface area contributed by atoms with E-state index in [2.05, 4.69) is 11.9 Å². The molecule has 0 aromatic heterocycles. The molecule has 0 spiro atoms. The summed E-state index contributed by atoms with van der Waals surface area (Å²) in [4.78, 5) is 26.6. The van der Waals surface area contributed by atoms with Crippen LogP contribution >= 0.6 is 0 Å². The molecule has 3 atom stereocenters. The Kier molecular flexibility index (Phi) is 4.65. The maximum absolute atomic E-state index is 12.6. The predicted molar refractivity (Wildman–Crippen MR) is 86.6 cm³/mol. The number of ether oxygens (including phenoxy) is 1. The minimum Gasteiger partial charge on any atom is -0.445 e. The Morgan fingerprint density at radius 1 is 1.35 bits per heavy atom. The summed E-state index contributed by atoms with van der Waals surface area (Å²) in [6.45, 7) is 4.61. The lowest BCUT2D eigenvalue weighted by atomic mass is 9.88. The largest absolute Gasteiger partial charge is 0.445 e. The lowest BCUT2D eigenvalue weighted by Gasteiger charge is -2.40. The van der Waals surface area contributed by atoms with Gasteiger partial charge in [0, 0.05) is 18.5 Å². The van der Waals surface area contributed by atoms with Gasteiger partial charge < -0.3 is 10.1 Å². The monoisotopic (exact) mass is 314 g/mol. The number of rotatable bonds is 3. The number of carbonyl (C=O) groups excluding carboxylic acids is 2. The molecule has 1 N–H and O–H groups in total. The van der Waals surface area contributed by atoms with Crippen LogP contribution in [0.25, 0.3) is 0 Å². The molecule has 0 aliphatic carbocycles. The summed E-state index contributed by atoms with van der Waals surface area (Å²) in [6.07, 6.45) is 3.92. The Labute approximate surface area is 136 Å². The van der Waals surface area contributed by atoms with Crippen LogP contribution in [0.1, 0.15) is 24.8 Å². The van der Waals surface area contributed by atoms with Gasteiger partial charge in [-0.1, -0.05) is 36.4 Å². The number of piperidine rings is 1. The highest BCUT2D eigenvalue weighted by atomic mass is 16.6. The molecule has 1 aromatic carbocycles.